The highest BCUT2D eigenvalue weighted by Crippen LogP contribution is 2.35. The predicted octanol–water partition coefficient (Wildman–Crippen LogP) is 3.78. The lowest BCUT2D eigenvalue weighted by atomic mass is 9.93. The maximum atomic E-state index is 10.6. The van der Waals surface area contributed by atoms with E-state index in [1.165, 1.54) is 16.5 Å². The summed E-state index contributed by atoms with van der Waals surface area (Å²) < 4.78 is 69.6. The number of nitrogens with zero attached hydrogens (tertiary/aromatic N) is 3. The van der Waals surface area contributed by atoms with Crippen LogP contribution in [0.4, 0.5) is 32.3 Å². The van der Waals surface area contributed by atoms with Crippen LogP contribution in [0.1, 0.15) is 5.56 Å². The molecule has 0 saturated carbocycles. The normalized spacial score (nSPS) is 20.6. The molecule has 0 spiro atoms. The van der Waals surface area contributed by atoms with Gasteiger partial charge < -0.3 is 25.3 Å². The minimum Gasteiger partial charge on any atom is -0.475 e. The maximum Gasteiger partial charge on any atom is 0.490 e. The van der Waals surface area contributed by atoms with Gasteiger partial charge in [-0.3, -0.25) is 4.90 Å². The van der Waals surface area contributed by atoms with Crippen LogP contribution < -0.4 is 5.32 Å². The number of H-pyrrole nitrogens is 1. The maximum absolute atomic E-state index is 10.6. The molecule has 0 unspecified atom stereocenters. The van der Waals surface area contributed by atoms with E-state index >= 15 is 0 Å². The number of aromatic nitrogens is 3. The number of carbonyl (C=O) groups is 2. The first-order valence-corrected chi connectivity index (χ1v) is 11.8. The van der Waals surface area contributed by atoms with Crippen molar-refractivity contribution in [2.75, 3.05) is 31.6 Å². The number of hydrogen-bond donors (Lipinski definition) is 4. The highest BCUT2D eigenvalue weighted by molar-refractivity contribution is 5.82. The van der Waals surface area contributed by atoms with E-state index in [9.17, 15) is 26.3 Å². The first-order chi connectivity index (χ1) is 18.8. The van der Waals surface area contributed by atoms with Crippen molar-refractivity contribution < 1.29 is 50.9 Å². The van der Waals surface area contributed by atoms with Gasteiger partial charge >= 0.3 is 24.3 Å². The van der Waals surface area contributed by atoms with Gasteiger partial charge in [0.15, 0.2) is 0 Å². The zero-order chi connectivity index (χ0) is 29.5. The smallest absolute Gasteiger partial charge is 0.475 e. The number of likely N-dealkylation sites (tertiary alicyclic amines) is 1. The van der Waals surface area contributed by atoms with E-state index in [0.29, 0.717) is 23.9 Å². The van der Waals surface area contributed by atoms with Crippen LogP contribution in [0, 0.1) is 11.8 Å². The minimum atomic E-state index is -5.08. The van der Waals surface area contributed by atoms with Crippen molar-refractivity contribution in [2.24, 2.45) is 11.8 Å². The van der Waals surface area contributed by atoms with Gasteiger partial charge in [-0.2, -0.15) is 26.3 Å². The number of benzene rings is 1. The molecule has 0 radical (unpaired) electrons. The predicted molar refractivity (Wildman–Crippen MR) is 128 cm³/mol. The first kappa shape index (κ1) is 30.6. The van der Waals surface area contributed by atoms with Crippen LogP contribution in [0.25, 0.3) is 10.9 Å². The van der Waals surface area contributed by atoms with E-state index in [0.717, 1.165) is 32.8 Å². The molecule has 0 bridgehead atoms. The Morgan fingerprint density at radius 2 is 1.62 bits per heavy atom. The van der Waals surface area contributed by atoms with E-state index in [-0.39, 0.29) is 0 Å². The molecule has 4 N–H and O–H groups in total. The Morgan fingerprint density at radius 1 is 1.00 bits per heavy atom. The lowest BCUT2D eigenvalue weighted by Gasteiger charge is -2.20. The molecule has 3 aromatic rings. The van der Waals surface area contributed by atoms with E-state index in [2.05, 4.69) is 49.4 Å². The molecule has 5 rings (SSSR count). The molecular weight excluding hydrogens is 552 g/mol. The van der Waals surface area contributed by atoms with Crippen LogP contribution in [0.2, 0.25) is 0 Å². The molecule has 2 aromatic heterocycles. The largest absolute Gasteiger partial charge is 0.490 e. The van der Waals surface area contributed by atoms with Gasteiger partial charge in [0.2, 0.25) is 5.95 Å². The Balaban J connectivity index is 0.000000263. The van der Waals surface area contributed by atoms with Crippen molar-refractivity contribution in [3.63, 3.8) is 0 Å². The molecule has 218 valence electrons. The number of nitrogens with one attached hydrogen (secondary N) is 2. The molecule has 16 heteroatoms. The van der Waals surface area contributed by atoms with Gasteiger partial charge in [-0.05, 0) is 23.8 Å². The average molecular weight is 577 g/mol. The lowest BCUT2D eigenvalue weighted by molar-refractivity contribution is -0.193. The summed E-state index contributed by atoms with van der Waals surface area (Å²) in [5, 5.41) is 18.9. The number of fused-ring (bicyclic) bond motifs is 2. The van der Waals surface area contributed by atoms with Crippen molar-refractivity contribution in [1.82, 2.24) is 19.9 Å². The van der Waals surface area contributed by atoms with Crippen molar-refractivity contribution in [3.05, 3.63) is 54.5 Å². The lowest BCUT2D eigenvalue weighted by Crippen LogP contribution is -2.27. The van der Waals surface area contributed by atoms with E-state index in [1.807, 2.05) is 12.3 Å². The number of halogens is 6. The Morgan fingerprint density at radius 3 is 2.23 bits per heavy atom. The number of carboxylic acid groups (broad SMARTS) is 2. The number of alkyl halides is 6. The van der Waals surface area contributed by atoms with Crippen LogP contribution in [-0.4, -0.2) is 86.7 Å². The molecule has 1 aromatic carbocycles. The third-order valence-corrected chi connectivity index (χ3v) is 6.17. The number of anilines is 1. The van der Waals surface area contributed by atoms with Gasteiger partial charge in [0.1, 0.15) is 0 Å². The van der Waals surface area contributed by atoms with Crippen LogP contribution in [0.15, 0.2) is 48.9 Å². The van der Waals surface area contributed by atoms with Crippen molar-refractivity contribution in [2.45, 2.75) is 25.0 Å². The summed E-state index contributed by atoms with van der Waals surface area (Å²) in [5.74, 6) is -3.72. The van der Waals surface area contributed by atoms with Crippen molar-refractivity contribution in [3.8, 4) is 0 Å². The van der Waals surface area contributed by atoms with Gasteiger partial charge in [0.05, 0.1) is 12.7 Å². The fraction of sp³-hybridized carbons (Fsp3) is 0.417. The van der Waals surface area contributed by atoms with Gasteiger partial charge in [0.25, 0.3) is 0 Å². The Bertz CT molecular complexity index is 1250. The Kier molecular flexibility index (Phi) is 9.92. The van der Waals surface area contributed by atoms with Crippen molar-refractivity contribution in [1.29, 1.82) is 0 Å². The Hall–Kier alpha value is -3.92. The van der Waals surface area contributed by atoms with Gasteiger partial charge in [-0.25, -0.2) is 19.6 Å². The summed E-state index contributed by atoms with van der Waals surface area (Å²) in [6.45, 7) is 4.79. The zero-order valence-corrected chi connectivity index (χ0v) is 20.6. The standard InChI is InChI=1S/C20H23N5O.2C2HF3O2/c1-3-14(16-5-8-21-18(16)4-1)10-25-11-17-15(13-26-19(17)12-25)9-24-20-22-6-2-7-23-20;2*3-2(4,5)1(6)7/h1-8,15,17,19,21H,9-13H2,(H,22,23,24);2*(H,6,7)/t15-,17+,19+;;/m0../s1. The molecule has 2 aliphatic heterocycles. The molecule has 3 atom stereocenters. The van der Waals surface area contributed by atoms with Crippen LogP contribution in [-0.2, 0) is 20.9 Å². The van der Waals surface area contributed by atoms with E-state index < -0.39 is 24.3 Å². The second-order valence-electron chi connectivity index (χ2n) is 8.90. The summed E-state index contributed by atoms with van der Waals surface area (Å²) >= 11 is 0. The molecule has 2 fully saturated rings. The van der Waals surface area contributed by atoms with E-state index in [4.69, 9.17) is 24.5 Å². The van der Waals surface area contributed by atoms with Gasteiger partial charge in [0, 0.05) is 67.5 Å². The summed E-state index contributed by atoms with van der Waals surface area (Å²) in [4.78, 5) is 32.1. The molecule has 40 heavy (non-hydrogen) atoms. The molecule has 2 saturated heterocycles. The number of rotatable bonds is 5. The summed E-state index contributed by atoms with van der Waals surface area (Å²) in [7, 11) is 0. The van der Waals surface area contributed by atoms with Gasteiger partial charge in [-0.1, -0.05) is 12.1 Å². The van der Waals surface area contributed by atoms with Crippen LogP contribution >= 0.6 is 0 Å². The fourth-order valence-electron chi connectivity index (χ4n) is 4.36. The summed E-state index contributed by atoms with van der Waals surface area (Å²) in [6.07, 6.45) is -4.27. The SMILES string of the molecule is O=C(O)C(F)(F)F.O=C(O)C(F)(F)F.c1cnc(NC[C@H]2CO[C@@H]3CN(Cc4cccc5[nH]ccc45)C[C@H]23)nc1. The number of aliphatic carboxylic acids is 2. The summed E-state index contributed by atoms with van der Waals surface area (Å²) in [6, 6.07) is 10.5. The highest BCUT2D eigenvalue weighted by atomic mass is 19.4. The quantitative estimate of drug-likeness (QED) is 0.334. The molecule has 0 aliphatic carbocycles. The topological polar surface area (TPSA) is 141 Å². The first-order valence-electron chi connectivity index (χ1n) is 11.8. The average Bonchev–Trinajstić information content (AvgIpc) is 3.60. The molecule has 0 amide bonds. The van der Waals surface area contributed by atoms with Gasteiger partial charge in [-0.15, -0.1) is 0 Å². The number of aromatic amines is 1. The van der Waals surface area contributed by atoms with Crippen LogP contribution in [0.5, 0.6) is 0 Å². The third kappa shape index (κ3) is 8.54. The number of ether oxygens (including phenoxy) is 1. The number of carboxylic acids is 2. The molecular formula is C24H25F6N5O5. The van der Waals surface area contributed by atoms with Crippen molar-refractivity contribution >= 4 is 28.8 Å². The summed E-state index contributed by atoms with van der Waals surface area (Å²) in [5.41, 5.74) is 2.60. The second-order valence-corrected chi connectivity index (χ2v) is 8.90. The molecule has 2 aliphatic rings. The molecule has 4 heterocycles. The highest BCUT2D eigenvalue weighted by Gasteiger charge is 2.43. The monoisotopic (exact) mass is 577 g/mol. The second kappa shape index (κ2) is 13.0. The zero-order valence-electron chi connectivity index (χ0n) is 20.6. The minimum absolute atomic E-state index is 0.351. The van der Waals surface area contributed by atoms with E-state index in [1.54, 1.807) is 12.4 Å². The molecule has 10 nitrogen and oxygen atoms in total. The fourth-order valence-corrected chi connectivity index (χ4v) is 4.36. The Labute approximate surface area is 223 Å². The third-order valence-electron chi connectivity index (χ3n) is 6.17. The van der Waals surface area contributed by atoms with Crippen LogP contribution in [0.3, 0.4) is 0 Å². The number of hydrogen-bond acceptors (Lipinski definition) is 7.